The van der Waals surface area contributed by atoms with Crippen molar-refractivity contribution in [2.45, 2.75) is 6.04 Å². The molecule has 1 heterocycles. The molecule has 0 fully saturated rings. The molecule has 1 unspecified atom stereocenters. The molecule has 1 aromatic heterocycles. The molecule has 2 rings (SSSR count). The Kier molecular flexibility index (Phi) is 5.16. The molecule has 5 nitrogen and oxygen atoms in total. The number of rotatable bonds is 4. The summed E-state index contributed by atoms with van der Waals surface area (Å²) >= 11 is 3.40. The Morgan fingerprint density at radius 3 is 2.43 bits per heavy atom. The number of carbonyl (C=O) groups excluding carboxylic acids is 2. The van der Waals surface area contributed by atoms with Gasteiger partial charge in [0.2, 0.25) is 0 Å². The molecule has 0 aliphatic rings. The van der Waals surface area contributed by atoms with Crippen molar-refractivity contribution in [2.24, 2.45) is 0 Å². The maximum Gasteiger partial charge on any atom is 0.396 e. The number of nitrogens with one attached hydrogen (secondary N) is 1. The number of benzene rings is 1. The highest BCUT2D eigenvalue weighted by atomic mass is 79.9. The average molecular weight is 351 g/mol. The number of hydrogen-bond acceptors (Lipinski definition) is 3. The van der Waals surface area contributed by atoms with E-state index in [1.807, 2.05) is 53.4 Å². The van der Waals surface area contributed by atoms with Gasteiger partial charge in [0.1, 0.15) is 0 Å². The van der Waals surface area contributed by atoms with E-state index in [0.29, 0.717) is 6.54 Å². The third kappa shape index (κ3) is 3.95. The minimum atomic E-state index is -0.892. The van der Waals surface area contributed by atoms with Gasteiger partial charge in [0, 0.05) is 23.4 Å². The smallest absolute Gasteiger partial charge is 0.396 e. The van der Waals surface area contributed by atoms with Crippen molar-refractivity contribution in [2.75, 3.05) is 13.7 Å². The van der Waals surface area contributed by atoms with E-state index in [-0.39, 0.29) is 6.04 Å². The van der Waals surface area contributed by atoms with Crippen molar-refractivity contribution in [1.29, 1.82) is 0 Å². The van der Waals surface area contributed by atoms with Gasteiger partial charge in [-0.05, 0) is 29.8 Å². The lowest BCUT2D eigenvalue weighted by Crippen LogP contribution is -2.36. The van der Waals surface area contributed by atoms with Crippen molar-refractivity contribution in [3.05, 3.63) is 58.8 Å². The lowest BCUT2D eigenvalue weighted by molar-refractivity contribution is -0.152. The van der Waals surface area contributed by atoms with Crippen LogP contribution in [0.3, 0.4) is 0 Å². The minimum absolute atomic E-state index is 0.0956. The molecular formula is C15H15BrN2O3. The van der Waals surface area contributed by atoms with Crippen LogP contribution in [0.1, 0.15) is 11.6 Å². The van der Waals surface area contributed by atoms with Gasteiger partial charge in [-0.25, -0.2) is 4.79 Å². The number of methoxy groups -OCH3 is 1. The summed E-state index contributed by atoms with van der Waals surface area (Å²) in [6.07, 6.45) is 3.83. The van der Waals surface area contributed by atoms with Crippen LogP contribution in [-0.4, -0.2) is 30.1 Å². The SMILES string of the molecule is COC(=O)C(=O)NCC(c1ccc(Br)cc1)n1cccc1. The Morgan fingerprint density at radius 1 is 1.24 bits per heavy atom. The second kappa shape index (κ2) is 7.08. The number of ether oxygens (including phenoxy) is 1. The van der Waals surface area contributed by atoms with Gasteiger partial charge in [0.15, 0.2) is 0 Å². The molecule has 1 aromatic carbocycles. The van der Waals surface area contributed by atoms with Crippen LogP contribution in [0.5, 0.6) is 0 Å². The highest BCUT2D eigenvalue weighted by Gasteiger charge is 2.18. The summed E-state index contributed by atoms with van der Waals surface area (Å²) in [7, 11) is 1.18. The van der Waals surface area contributed by atoms with Gasteiger partial charge < -0.3 is 14.6 Å². The summed E-state index contributed by atoms with van der Waals surface area (Å²) in [5.41, 5.74) is 1.03. The first kappa shape index (κ1) is 15.3. The van der Waals surface area contributed by atoms with Crippen LogP contribution in [0.15, 0.2) is 53.3 Å². The molecule has 0 bridgehead atoms. The number of halogens is 1. The van der Waals surface area contributed by atoms with Crippen molar-refractivity contribution >= 4 is 27.8 Å². The van der Waals surface area contributed by atoms with E-state index in [1.165, 1.54) is 7.11 Å². The summed E-state index contributed by atoms with van der Waals surface area (Å²) in [5.74, 6) is -1.64. The summed E-state index contributed by atoms with van der Waals surface area (Å²) < 4.78 is 7.35. The van der Waals surface area contributed by atoms with Gasteiger partial charge in [-0.1, -0.05) is 28.1 Å². The topological polar surface area (TPSA) is 60.3 Å². The number of hydrogen-bond donors (Lipinski definition) is 1. The van der Waals surface area contributed by atoms with Gasteiger partial charge in [0.25, 0.3) is 0 Å². The van der Waals surface area contributed by atoms with Crippen LogP contribution in [-0.2, 0) is 14.3 Å². The van der Waals surface area contributed by atoms with Crippen molar-refractivity contribution in [3.63, 3.8) is 0 Å². The van der Waals surface area contributed by atoms with Gasteiger partial charge in [-0.2, -0.15) is 0 Å². The molecule has 0 spiro atoms. The van der Waals surface area contributed by atoms with Crippen LogP contribution >= 0.6 is 15.9 Å². The molecule has 2 aromatic rings. The Bertz CT molecular complexity index is 608. The maximum absolute atomic E-state index is 11.5. The Morgan fingerprint density at radius 2 is 1.86 bits per heavy atom. The van der Waals surface area contributed by atoms with Crippen LogP contribution in [0.25, 0.3) is 0 Å². The molecule has 0 aliphatic heterocycles. The fourth-order valence-corrected chi connectivity index (χ4v) is 2.25. The Labute approximate surface area is 131 Å². The third-order valence-corrected chi connectivity index (χ3v) is 3.60. The molecule has 1 atom stereocenters. The fourth-order valence-electron chi connectivity index (χ4n) is 1.99. The van der Waals surface area contributed by atoms with E-state index in [4.69, 9.17) is 0 Å². The van der Waals surface area contributed by atoms with Crippen molar-refractivity contribution in [1.82, 2.24) is 9.88 Å². The van der Waals surface area contributed by atoms with Crippen molar-refractivity contribution < 1.29 is 14.3 Å². The Balaban J connectivity index is 2.16. The van der Waals surface area contributed by atoms with Gasteiger partial charge in [-0.3, -0.25) is 4.79 Å². The minimum Gasteiger partial charge on any atom is -0.462 e. The predicted molar refractivity (Wildman–Crippen MR) is 81.7 cm³/mol. The number of esters is 1. The molecular weight excluding hydrogens is 336 g/mol. The van der Waals surface area contributed by atoms with E-state index in [2.05, 4.69) is 26.0 Å². The quantitative estimate of drug-likeness (QED) is 0.678. The zero-order valence-corrected chi connectivity index (χ0v) is 13.0. The lowest BCUT2D eigenvalue weighted by atomic mass is 10.1. The molecule has 0 aliphatic carbocycles. The van der Waals surface area contributed by atoms with E-state index in [9.17, 15) is 9.59 Å². The third-order valence-electron chi connectivity index (χ3n) is 3.07. The summed E-state index contributed by atoms with van der Waals surface area (Å²) in [6.45, 7) is 0.296. The Hall–Kier alpha value is -2.08. The molecule has 21 heavy (non-hydrogen) atoms. The number of nitrogens with zero attached hydrogens (tertiary/aromatic N) is 1. The highest BCUT2D eigenvalue weighted by Crippen LogP contribution is 2.20. The standard InChI is InChI=1S/C15H15BrN2O3/c1-21-15(20)14(19)17-10-13(18-8-2-3-9-18)11-4-6-12(16)7-5-11/h2-9,13H,10H2,1H3,(H,17,19). The van der Waals surface area contributed by atoms with E-state index in [1.54, 1.807) is 0 Å². The van der Waals surface area contributed by atoms with Crippen LogP contribution in [0.2, 0.25) is 0 Å². The van der Waals surface area contributed by atoms with Crippen LogP contribution < -0.4 is 5.32 Å². The highest BCUT2D eigenvalue weighted by molar-refractivity contribution is 9.10. The second-order valence-electron chi connectivity index (χ2n) is 4.40. The van der Waals surface area contributed by atoms with E-state index < -0.39 is 11.9 Å². The lowest BCUT2D eigenvalue weighted by Gasteiger charge is -2.20. The first-order chi connectivity index (χ1) is 10.1. The van der Waals surface area contributed by atoms with E-state index in [0.717, 1.165) is 10.0 Å². The first-order valence-electron chi connectivity index (χ1n) is 6.36. The molecule has 6 heteroatoms. The zero-order valence-electron chi connectivity index (χ0n) is 11.5. The van der Waals surface area contributed by atoms with Crippen LogP contribution in [0.4, 0.5) is 0 Å². The molecule has 0 saturated carbocycles. The monoisotopic (exact) mass is 350 g/mol. The molecule has 0 radical (unpaired) electrons. The molecule has 1 N–H and O–H groups in total. The van der Waals surface area contributed by atoms with Gasteiger partial charge >= 0.3 is 11.9 Å². The fraction of sp³-hybridized carbons (Fsp3) is 0.200. The number of amides is 1. The van der Waals surface area contributed by atoms with Crippen molar-refractivity contribution in [3.8, 4) is 0 Å². The van der Waals surface area contributed by atoms with Gasteiger partial charge in [0.05, 0.1) is 13.2 Å². The zero-order chi connectivity index (χ0) is 15.2. The van der Waals surface area contributed by atoms with E-state index >= 15 is 0 Å². The number of aromatic nitrogens is 1. The number of carbonyl (C=O) groups is 2. The maximum atomic E-state index is 11.5. The normalized spacial score (nSPS) is 11.7. The molecule has 1 amide bonds. The van der Waals surface area contributed by atoms with Crippen LogP contribution in [0, 0.1) is 0 Å². The summed E-state index contributed by atoms with van der Waals surface area (Å²) in [5, 5.41) is 2.59. The first-order valence-corrected chi connectivity index (χ1v) is 7.15. The summed E-state index contributed by atoms with van der Waals surface area (Å²) in [4.78, 5) is 22.7. The molecule has 110 valence electrons. The molecule has 0 saturated heterocycles. The van der Waals surface area contributed by atoms with Gasteiger partial charge in [-0.15, -0.1) is 0 Å². The largest absolute Gasteiger partial charge is 0.462 e. The average Bonchev–Trinajstić information content (AvgIpc) is 3.02. The second-order valence-corrected chi connectivity index (χ2v) is 5.31. The predicted octanol–water partition coefficient (Wildman–Crippen LogP) is 2.13. The summed E-state index contributed by atoms with van der Waals surface area (Å²) in [6, 6.07) is 11.5.